The zero-order chi connectivity index (χ0) is 25.9. The number of halogens is 1. The Morgan fingerprint density at radius 1 is 0.946 bits per heavy atom. The lowest BCUT2D eigenvalue weighted by molar-refractivity contribution is 0.526. The van der Waals surface area contributed by atoms with E-state index in [1.54, 1.807) is 10.6 Å². The molecule has 0 amide bonds. The maximum Gasteiger partial charge on any atom is 0.332 e. The minimum Gasteiger partial charge on any atom is -0.323 e. The highest BCUT2D eigenvalue weighted by Crippen LogP contribution is 2.14. The Balaban J connectivity index is 1.28. The molecule has 0 aliphatic rings. The molecule has 4 aromatic heterocycles. The molecule has 2 N–H and O–H groups in total. The zero-order valence-electron chi connectivity index (χ0n) is 20.5. The number of H-pyrrole nitrogens is 2. The summed E-state index contributed by atoms with van der Waals surface area (Å²) in [5.74, 6) is 0. The molecule has 0 bridgehead atoms. The largest absolute Gasteiger partial charge is 0.332 e. The molecule has 0 unspecified atom stereocenters. The van der Waals surface area contributed by atoms with Crippen LogP contribution in [0.15, 0.2) is 57.1 Å². The van der Waals surface area contributed by atoms with E-state index in [2.05, 4.69) is 27.0 Å². The van der Waals surface area contributed by atoms with Crippen LogP contribution in [0.1, 0.15) is 43.7 Å². The molecule has 0 radical (unpaired) electrons. The molecular weight excluding hydrogens is 494 g/mol. The lowest BCUT2D eigenvalue weighted by Crippen LogP contribution is -2.40. The average molecular weight is 522 g/mol. The second-order valence-electron chi connectivity index (χ2n) is 9.22. The molecule has 0 aliphatic heterocycles. The number of fused-ring (bicyclic) bond motifs is 2. The Morgan fingerprint density at radius 2 is 1.78 bits per heavy atom. The van der Waals surface area contributed by atoms with E-state index in [4.69, 9.17) is 11.6 Å². The second-order valence-corrected chi connectivity index (χ2v) is 9.58. The first-order valence-electron chi connectivity index (χ1n) is 12.4. The van der Waals surface area contributed by atoms with E-state index in [-0.39, 0.29) is 28.6 Å². The number of hydrogen-bond donors (Lipinski definition) is 2. The Bertz CT molecular complexity index is 1740. The number of aryl methyl sites for hydroxylation is 2. The van der Waals surface area contributed by atoms with Crippen molar-refractivity contribution in [3.05, 3.63) is 90.3 Å². The van der Waals surface area contributed by atoms with Crippen LogP contribution in [0.5, 0.6) is 0 Å². The molecular formula is C26H28ClN7O3. The van der Waals surface area contributed by atoms with Crippen LogP contribution in [0.4, 0.5) is 0 Å². The number of rotatable bonds is 10. The molecule has 5 aromatic rings. The van der Waals surface area contributed by atoms with Gasteiger partial charge in [-0.25, -0.2) is 4.79 Å². The van der Waals surface area contributed by atoms with E-state index in [9.17, 15) is 14.4 Å². The Hall–Kier alpha value is -3.92. The van der Waals surface area contributed by atoms with E-state index < -0.39 is 5.56 Å². The highest BCUT2D eigenvalue weighted by atomic mass is 35.5. The molecule has 0 atom stereocenters. The van der Waals surface area contributed by atoms with Gasteiger partial charge in [-0.3, -0.25) is 23.4 Å². The second kappa shape index (κ2) is 10.6. The van der Waals surface area contributed by atoms with Crippen molar-refractivity contribution in [3.63, 3.8) is 0 Å². The first-order valence-corrected chi connectivity index (χ1v) is 12.8. The maximum absolute atomic E-state index is 13.2. The van der Waals surface area contributed by atoms with Gasteiger partial charge in [0.25, 0.3) is 5.56 Å². The summed E-state index contributed by atoms with van der Waals surface area (Å²) in [5, 5.41) is 5.52. The van der Waals surface area contributed by atoms with Crippen molar-refractivity contribution in [2.24, 2.45) is 0 Å². The number of benzene rings is 1. The first kappa shape index (κ1) is 24.8. The molecule has 37 heavy (non-hydrogen) atoms. The van der Waals surface area contributed by atoms with Gasteiger partial charge in [-0.15, -0.1) is 0 Å². The third-order valence-electron chi connectivity index (χ3n) is 6.48. The van der Waals surface area contributed by atoms with Crippen LogP contribution in [0.25, 0.3) is 22.1 Å². The quantitative estimate of drug-likeness (QED) is 0.215. The molecule has 4 heterocycles. The van der Waals surface area contributed by atoms with Gasteiger partial charge in [0.05, 0.1) is 12.7 Å². The topological polar surface area (TPSA) is 123 Å². The average Bonchev–Trinajstić information content (AvgIpc) is 3.49. The summed E-state index contributed by atoms with van der Waals surface area (Å²) >= 11 is 6.02. The molecule has 10 nitrogen and oxygen atoms in total. The van der Waals surface area contributed by atoms with Gasteiger partial charge in [0.2, 0.25) is 10.8 Å². The fraction of sp³-hybridized carbons (Fsp3) is 0.346. The zero-order valence-corrected chi connectivity index (χ0v) is 21.3. The lowest BCUT2D eigenvalue weighted by Gasteiger charge is -2.11. The van der Waals surface area contributed by atoms with Crippen LogP contribution < -0.4 is 16.8 Å². The lowest BCUT2D eigenvalue weighted by atomic mass is 10.1. The number of unbranched alkanes of at least 4 members (excludes halogenated alkanes) is 2. The molecule has 192 valence electrons. The van der Waals surface area contributed by atoms with Crippen LogP contribution in [0, 0.1) is 0 Å². The molecule has 1 aromatic carbocycles. The normalized spacial score (nSPS) is 11.6. The molecule has 0 saturated heterocycles. The molecule has 0 aliphatic carbocycles. The summed E-state index contributed by atoms with van der Waals surface area (Å²) in [6, 6.07) is 9.22. The van der Waals surface area contributed by atoms with Gasteiger partial charge >= 0.3 is 5.69 Å². The SMILES string of the molecule is CCCCCn1c(=O)n(CCCc2cnn(Cc3ccc4[nH]c(=O)ccc4c3)c2)c(=O)c2[nH]c(Cl)nc21. The van der Waals surface area contributed by atoms with Gasteiger partial charge in [-0.2, -0.15) is 10.1 Å². The number of hydrogen-bond acceptors (Lipinski definition) is 5. The van der Waals surface area contributed by atoms with Crippen LogP contribution in [-0.4, -0.2) is 33.9 Å². The summed E-state index contributed by atoms with van der Waals surface area (Å²) in [7, 11) is 0. The third kappa shape index (κ3) is 5.29. The minimum absolute atomic E-state index is 0.0978. The van der Waals surface area contributed by atoms with Gasteiger partial charge in [0.15, 0.2) is 11.2 Å². The molecule has 0 saturated carbocycles. The summed E-state index contributed by atoms with van der Waals surface area (Å²) in [5.41, 5.74) is 2.57. The molecule has 5 rings (SSSR count). The minimum atomic E-state index is -0.403. The number of nitrogens with zero attached hydrogens (tertiary/aromatic N) is 5. The van der Waals surface area contributed by atoms with Crippen LogP contribution in [-0.2, 0) is 26.1 Å². The molecule has 11 heteroatoms. The smallest absolute Gasteiger partial charge is 0.323 e. The van der Waals surface area contributed by atoms with Crippen molar-refractivity contribution in [3.8, 4) is 0 Å². The van der Waals surface area contributed by atoms with Crippen molar-refractivity contribution in [2.45, 2.75) is 58.7 Å². The fourth-order valence-electron chi connectivity index (χ4n) is 4.61. The van der Waals surface area contributed by atoms with Gasteiger partial charge in [-0.1, -0.05) is 25.8 Å². The van der Waals surface area contributed by atoms with Crippen LogP contribution in [0.2, 0.25) is 5.28 Å². The summed E-state index contributed by atoms with van der Waals surface area (Å²) < 4.78 is 4.67. The van der Waals surface area contributed by atoms with Crippen molar-refractivity contribution in [1.29, 1.82) is 0 Å². The van der Waals surface area contributed by atoms with Crippen molar-refractivity contribution in [1.82, 2.24) is 33.9 Å². The fourth-order valence-corrected chi connectivity index (χ4v) is 4.78. The number of aromatic amines is 2. The summed E-state index contributed by atoms with van der Waals surface area (Å²) in [6.07, 6.45) is 7.88. The van der Waals surface area contributed by atoms with E-state index in [0.717, 1.165) is 41.3 Å². The van der Waals surface area contributed by atoms with Gasteiger partial charge < -0.3 is 9.97 Å². The number of imidazole rings is 1. The van der Waals surface area contributed by atoms with Gasteiger partial charge in [0.1, 0.15) is 0 Å². The Labute approximate surface area is 216 Å². The molecule has 0 spiro atoms. The number of pyridine rings is 1. The van der Waals surface area contributed by atoms with Crippen LogP contribution in [0.3, 0.4) is 0 Å². The van der Waals surface area contributed by atoms with Crippen molar-refractivity contribution < 1.29 is 0 Å². The van der Waals surface area contributed by atoms with E-state index >= 15 is 0 Å². The van der Waals surface area contributed by atoms with E-state index in [1.165, 1.54) is 10.6 Å². The van der Waals surface area contributed by atoms with Crippen molar-refractivity contribution in [2.75, 3.05) is 0 Å². The number of nitrogens with one attached hydrogen (secondary N) is 2. The Kier molecular flexibility index (Phi) is 7.09. The summed E-state index contributed by atoms with van der Waals surface area (Å²) in [4.78, 5) is 47.4. The standard InChI is InChI=1S/C26H28ClN7O3/c1-2-3-4-11-33-23-22(30-25(27)31-23)24(36)34(26(33)37)12-5-6-18-14-28-32(16-18)15-17-7-9-20-19(13-17)8-10-21(35)29-20/h7-10,13-14,16H,2-6,11-12,15H2,1H3,(H,29,35)(H,30,31). The predicted molar refractivity (Wildman–Crippen MR) is 143 cm³/mol. The predicted octanol–water partition coefficient (Wildman–Crippen LogP) is 3.45. The van der Waals surface area contributed by atoms with E-state index in [1.807, 2.05) is 35.3 Å². The van der Waals surface area contributed by atoms with Gasteiger partial charge in [-0.05, 0) is 65.6 Å². The highest BCUT2D eigenvalue weighted by Gasteiger charge is 2.16. The first-order chi connectivity index (χ1) is 17.9. The van der Waals surface area contributed by atoms with E-state index in [0.29, 0.717) is 31.6 Å². The van der Waals surface area contributed by atoms with Crippen molar-refractivity contribution >= 4 is 33.7 Å². The van der Waals surface area contributed by atoms with Crippen LogP contribution >= 0.6 is 11.6 Å². The summed E-state index contributed by atoms with van der Waals surface area (Å²) in [6.45, 7) is 3.46. The highest BCUT2D eigenvalue weighted by molar-refractivity contribution is 6.29. The molecule has 0 fully saturated rings. The third-order valence-corrected chi connectivity index (χ3v) is 6.66. The number of aromatic nitrogens is 7. The monoisotopic (exact) mass is 521 g/mol. The maximum atomic E-state index is 13.2. The van der Waals surface area contributed by atoms with Gasteiger partial charge in [0, 0.05) is 30.9 Å². The Morgan fingerprint density at radius 3 is 2.62 bits per heavy atom.